The number of fused-ring (bicyclic) bond motifs is 1. The van der Waals surface area contributed by atoms with Crippen LogP contribution in [0.25, 0.3) is 0 Å². The van der Waals surface area contributed by atoms with E-state index in [0.717, 1.165) is 29.1 Å². The van der Waals surface area contributed by atoms with Crippen molar-refractivity contribution in [1.82, 2.24) is 9.36 Å². The van der Waals surface area contributed by atoms with E-state index in [0.29, 0.717) is 17.5 Å². The standard InChI is InChI=1S/C14H12N2O2S/c17-12-6-3-9-7-10(4-5-11(9)12)18-14-15-13(16-19-14)8-1-2-8/h4-5,7-8H,1-3,6H2. The molecule has 2 aromatic rings. The molecule has 1 aromatic heterocycles. The number of rotatable bonds is 3. The van der Waals surface area contributed by atoms with E-state index in [1.54, 1.807) is 0 Å². The Morgan fingerprint density at radius 2 is 2.16 bits per heavy atom. The molecule has 0 aliphatic heterocycles. The Balaban J connectivity index is 1.57. The number of benzene rings is 1. The molecule has 2 aliphatic carbocycles. The van der Waals surface area contributed by atoms with E-state index in [4.69, 9.17) is 4.74 Å². The summed E-state index contributed by atoms with van der Waals surface area (Å²) in [5, 5.41) is 0.589. The van der Waals surface area contributed by atoms with Gasteiger partial charge in [0.25, 0.3) is 5.19 Å². The summed E-state index contributed by atoms with van der Waals surface area (Å²) in [7, 11) is 0. The monoisotopic (exact) mass is 272 g/mol. The second kappa shape index (κ2) is 4.13. The highest BCUT2D eigenvalue weighted by Crippen LogP contribution is 2.40. The molecule has 1 heterocycles. The fourth-order valence-corrected chi connectivity index (χ4v) is 2.99. The maximum atomic E-state index is 11.6. The van der Waals surface area contributed by atoms with Crippen LogP contribution in [0.5, 0.6) is 10.9 Å². The summed E-state index contributed by atoms with van der Waals surface area (Å²) in [6.07, 6.45) is 3.81. The van der Waals surface area contributed by atoms with Crippen LogP contribution in [0.2, 0.25) is 0 Å². The van der Waals surface area contributed by atoms with Gasteiger partial charge in [0.05, 0.1) is 0 Å². The average molecular weight is 272 g/mol. The lowest BCUT2D eigenvalue weighted by atomic mass is 10.1. The molecular formula is C14H12N2O2S. The highest BCUT2D eigenvalue weighted by Gasteiger charge is 2.28. The van der Waals surface area contributed by atoms with Gasteiger partial charge in [0.2, 0.25) is 0 Å². The molecule has 0 bridgehead atoms. The number of aryl methyl sites for hydroxylation is 1. The van der Waals surface area contributed by atoms with Crippen LogP contribution in [0.4, 0.5) is 0 Å². The summed E-state index contributed by atoms with van der Waals surface area (Å²) >= 11 is 1.30. The molecule has 0 saturated heterocycles. The fraction of sp³-hybridized carbons (Fsp3) is 0.357. The molecule has 0 unspecified atom stereocenters. The van der Waals surface area contributed by atoms with Crippen LogP contribution in [0.15, 0.2) is 18.2 Å². The van der Waals surface area contributed by atoms with Crippen LogP contribution in [0, 0.1) is 0 Å². The van der Waals surface area contributed by atoms with Crippen molar-refractivity contribution in [3.63, 3.8) is 0 Å². The predicted octanol–water partition coefficient (Wildman–Crippen LogP) is 3.34. The molecule has 5 heteroatoms. The number of hydrogen-bond acceptors (Lipinski definition) is 5. The number of carbonyl (C=O) groups excluding carboxylic acids is 1. The van der Waals surface area contributed by atoms with E-state index >= 15 is 0 Å². The smallest absolute Gasteiger partial charge is 0.298 e. The third kappa shape index (κ3) is 2.04. The molecule has 4 nitrogen and oxygen atoms in total. The van der Waals surface area contributed by atoms with Crippen molar-refractivity contribution in [1.29, 1.82) is 0 Å². The van der Waals surface area contributed by atoms with Gasteiger partial charge in [0, 0.05) is 29.4 Å². The number of ketones is 1. The van der Waals surface area contributed by atoms with Crippen molar-refractivity contribution >= 4 is 17.3 Å². The molecule has 0 atom stereocenters. The zero-order chi connectivity index (χ0) is 12.8. The lowest BCUT2D eigenvalue weighted by Gasteiger charge is -2.03. The van der Waals surface area contributed by atoms with Crippen molar-refractivity contribution < 1.29 is 9.53 Å². The Morgan fingerprint density at radius 3 is 3.00 bits per heavy atom. The number of aromatic nitrogens is 2. The summed E-state index contributed by atoms with van der Waals surface area (Å²) in [6, 6.07) is 5.63. The Labute approximate surface area is 114 Å². The van der Waals surface area contributed by atoms with Crippen molar-refractivity contribution in [2.45, 2.75) is 31.6 Å². The van der Waals surface area contributed by atoms with E-state index in [1.165, 1.54) is 24.4 Å². The van der Waals surface area contributed by atoms with Gasteiger partial charge < -0.3 is 4.74 Å². The first-order valence-corrected chi connectivity index (χ1v) is 7.24. The Morgan fingerprint density at radius 1 is 1.26 bits per heavy atom. The van der Waals surface area contributed by atoms with Gasteiger partial charge in [0.15, 0.2) is 5.78 Å². The molecule has 0 amide bonds. The first-order chi connectivity index (χ1) is 9.29. The minimum atomic E-state index is 0.230. The highest BCUT2D eigenvalue weighted by molar-refractivity contribution is 7.07. The third-order valence-corrected chi connectivity index (χ3v) is 4.18. The quantitative estimate of drug-likeness (QED) is 0.860. The lowest BCUT2D eigenvalue weighted by Crippen LogP contribution is -1.91. The van der Waals surface area contributed by atoms with E-state index in [1.807, 2.05) is 18.2 Å². The summed E-state index contributed by atoms with van der Waals surface area (Å²) in [4.78, 5) is 16.0. The molecule has 0 spiro atoms. The highest BCUT2D eigenvalue weighted by atomic mass is 32.1. The van der Waals surface area contributed by atoms with E-state index < -0.39 is 0 Å². The van der Waals surface area contributed by atoms with Gasteiger partial charge in [-0.3, -0.25) is 4.79 Å². The van der Waals surface area contributed by atoms with E-state index in [-0.39, 0.29) is 5.78 Å². The van der Waals surface area contributed by atoms with Crippen LogP contribution in [-0.2, 0) is 6.42 Å². The van der Waals surface area contributed by atoms with Gasteiger partial charge in [-0.05, 0) is 43.0 Å². The Bertz CT molecular complexity index is 661. The molecule has 0 N–H and O–H groups in total. The summed E-state index contributed by atoms with van der Waals surface area (Å²) < 4.78 is 10.0. The summed E-state index contributed by atoms with van der Waals surface area (Å²) in [6.45, 7) is 0. The normalized spacial score (nSPS) is 17.6. The number of ether oxygens (including phenoxy) is 1. The number of carbonyl (C=O) groups is 1. The first kappa shape index (κ1) is 11.1. The van der Waals surface area contributed by atoms with Crippen LogP contribution in [-0.4, -0.2) is 15.1 Å². The molecule has 96 valence electrons. The molecule has 2 aliphatic rings. The van der Waals surface area contributed by atoms with E-state index in [2.05, 4.69) is 9.36 Å². The van der Waals surface area contributed by atoms with Gasteiger partial charge >= 0.3 is 0 Å². The van der Waals surface area contributed by atoms with Gasteiger partial charge in [-0.25, -0.2) is 0 Å². The van der Waals surface area contributed by atoms with Crippen LogP contribution in [0.1, 0.15) is 46.9 Å². The van der Waals surface area contributed by atoms with Crippen LogP contribution in [0.3, 0.4) is 0 Å². The SMILES string of the molecule is O=C1CCc2cc(Oc3nc(C4CC4)ns3)ccc21. The molecule has 19 heavy (non-hydrogen) atoms. The van der Waals surface area contributed by atoms with Crippen molar-refractivity contribution in [3.05, 3.63) is 35.2 Å². The molecule has 1 aromatic carbocycles. The summed E-state index contributed by atoms with van der Waals surface area (Å²) in [5.41, 5.74) is 1.91. The average Bonchev–Trinajstić information content (AvgIpc) is 3.07. The minimum Gasteiger partial charge on any atom is -0.430 e. The molecule has 4 rings (SSSR count). The second-order valence-electron chi connectivity index (χ2n) is 5.04. The zero-order valence-corrected chi connectivity index (χ0v) is 11.1. The van der Waals surface area contributed by atoms with Gasteiger partial charge in [-0.1, -0.05) is 0 Å². The van der Waals surface area contributed by atoms with E-state index in [9.17, 15) is 4.79 Å². The second-order valence-corrected chi connectivity index (χ2v) is 5.75. The number of Topliss-reactive ketones (excluding diaryl/α,β-unsaturated/α-hetero) is 1. The predicted molar refractivity (Wildman–Crippen MR) is 71.1 cm³/mol. The van der Waals surface area contributed by atoms with Crippen LogP contribution >= 0.6 is 11.5 Å². The maximum Gasteiger partial charge on any atom is 0.298 e. The molecule has 1 fully saturated rings. The van der Waals surface area contributed by atoms with Crippen LogP contribution < -0.4 is 4.74 Å². The molecular weight excluding hydrogens is 260 g/mol. The van der Waals surface area contributed by atoms with Crippen molar-refractivity contribution in [2.24, 2.45) is 0 Å². The zero-order valence-electron chi connectivity index (χ0n) is 10.3. The Kier molecular flexibility index (Phi) is 2.41. The van der Waals surface area contributed by atoms with Gasteiger partial charge in [-0.2, -0.15) is 9.36 Å². The van der Waals surface area contributed by atoms with Gasteiger partial charge in [-0.15, -0.1) is 0 Å². The van der Waals surface area contributed by atoms with Crippen molar-refractivity contribution in [3.8, 4) is 10.9 Å². The lowest BCUT2D eigenvalue weighted by molar-refractivity contribution is 0.0994. The minimum absolute atomic E-state index is 0.230. The Hall–Kier alpha value is -1.75. The number of hydrogen-bond donors (Lipinski definition) is 0. The van der Waals surface area contributed by atoms with Gasteiger partial charge in [0.1, 0.15) is 11.6 Å². The molecule has 1 saturated carbocycles. The maximum absolute atomic E-state index is 11.6. The number of nitrogens with zero attached hydrogens (tertiary/aromatic N) is 2. The first-order valence-electron chi connectivity index (χ1n) is 6.47. The van der Waals surface area contributed by atoms with Crippen molar-refractivity contribution in [2.75, 3.05) is 0 Å². The largest absolute Gasteiger partial charge is 0.430 e. The molecule has 0 radical (unpaired) electrons. The summed E-state index contributed by atoms with van der Waals surface area (Å²) in [5.74, 6) is 2.43. The fourth-order valence-electron chi connectivity index (χ4n) is 2.37. The third-order valence-electron chi connectivity index (χ3n) is 3.57. The topological polar surface area (TPSA) is 52.1 Å².